The van der Waals surface area contributed by atoms with Crippen molar-refractivity contribution in [3.05, 3.63) is 35.9 Å². The maximum atomic E-state index is 12.5. The number of amides is 1. The molecule has 1 amide bonds. The Morgan fingerprint density at radius 1 is 1.17 bits per heavy atom. The monoisotopic (exact) mass is 317 g/mol. The van der Waals surface area contributed by atoms with Crippen molar-refractivity contribution >= 4 is 11.9 Å². The average molecular weight is 317 g/mol. The molecule has 0 unspecified atom stereocenters. The van der Waals surface area contributed by atoms with Gasteiger partial charge in [0.05, 0.1) is 0 Å². The first-order chi connectivity index (χ1) is 11.1. The fourth-order valence-electron chi connectivity index (χ4n) is 3.25. The lowest BCUT2D eigenvalue weighted by molar-refractivity contribution is -0.155. The molecule has 1 N–H and O–H groups in total. The van der Waals surface area contributed by atoms with Crippen LogP contribution >= 0.6 is 0 Å². The summed E-state index contributed by atoms with van der Waals surface area (Å²) in [5, 5.41) is 2.72. The van der Waals surface area contributed by atoms with Crippen LogP contribution in [0.25, 0.3) is 0 Å². The molecule has 0 heterocycles. The smallest absolute Gasteiger partial charge is 0.329 e. The summed E-state index contributed by atoms with van der Waals surface area (Å²) >= 11 is 0. The number of ether oxygens (including phenoxy) is 1. The second-order valence-electron chi connectivity index (χ2n) is 6.48. The zero-order valence-electron chi connectivity index (χ0n) is 14.1. The molecule has 1 fully saturated rings. The molecule has 2 rings (SSSR count). The molecule has 1 aromatic carbocycles. The molecule has 1 saturated carbocycles. The van der Waals surface area contributed by atoms with Crippen molar-refractivity contribution in [3.63, 3.8) is 0 Å². The van der Waals surface area contributed by atoms with Gasteiger partial charge in [-0.1, -0.05) is 49.6 Å². The van der Waals surface area contributed by atoms with Crippen LogP contribution in [0, 0.1) is 5.92 Å². The lowest BCUT2D eigenvalue weighted by atomic mass is 9.86. The number of nitrogens with one attached hydrogen (secondary N) is 1. The Bertz CT molecular complexity index is 509. The van der Waals surface area contributed by atoms with E-state index in [1.165, 1.54) is 26.2 Å². The van der Waals surface area contributed by atoms with Crippen LogP contribution in [0.15, 0.2) is 30.3 Å². The topological polar surface area (TPSA) is 55.4 Å². The van der Waals surface area contributed by atoms with E-state index in [-0.39, 0.29) is 18.0 Å². The molecular weight excluding hydrogens is 290 g/mol. The molecule has 23 heavy (non-hydrogen) atoms. The van der Waals surface area contributed by atoms with Crippen molar-refractivity contribution in [1.29, 1.82) is 0 Å². The van der Waals surface area contributed by atoms with E-state index in [4.69, 9.17) is 4.74 Å². The van der Waals surface area contributed by atoms with Gasteiger partial charge in [-0.05, 0) is 31.2 Å². The van der Waals surface area contributed by atoms with E-state index in [9.17, 15) is 9.59 Å². The molecule has 1 aliphatic carbocycles. The van der Waals surface area contributed by atoms with Crippen LogP contribution in [0.3, 0.4) is 0 Å². The normalized spacial score (nSPS) is 18.0. The lowest BCUT2D eigenvalue weighted by Gasteiger charge is -2.28. The molecular formula is C19H27NO3. The van der Waals surface area contributed by atoms with Crippen LogP contribution in [0.2, 0.25) is 0 Å². The van der Waals surface area contributed by atoms with Gasteiger partial charge in [0.1, 0.15) is 12.1 Å². The van der Waals surface area contributed by atoms with E-state index >= 15 is 0 Å². The summed E-state index contributed by atoms with van der Waals surface area (Å²) in [4.78, 5) is 23.9. The summed E-state index contributed by atoms with van der Waals surface area (Å²) in [6.07, 6.45) is 6.32. The van der Waals surface area contributed by atoms with Crippen molar-refractivity contribution in [2.75, 3.05) is 0 Å². The summed E-state index contributed by atoms with van der Waals surface area (Å²) in [6.45, 7) is 3.40. The molecule has 4 nitrogen and oxygen atoms in total. The van der Waals surface area contributed by atoms with Crippen LogP contribution < -0.4 is 5.32 Å². The van der Waals surface area contributed by atoms with E-state index in [2.05, 4.69) is 5.32 Å². The van der Waals surface area contributed by atoms with E-state index in [1.807, 2.05) is 37.3 Å². The molecule has 126 valence electrons. The number of hydrogen-bond donors (Lipinski definition) is 1. The fourth-order valence-corrected chi connectivity index (χ4v) is 3.25. The average Bonchev–Trinajstić information content (AvgIpc) is 2.55. The van der Waals surface area contributed by atoms with Gasteiger partial charge in [0.15, 0.2) is 0 Å². The number of carbonyl (C=O) groups is 2. The highest BCUT2D eigenvalue weighted by Crippen LogP contribution is 2.28. The quantitative estimate of drug-likeness (QED) is 0.820. The molecule has 0 bridgehead atoms. The van der Waals surface area contributed by atoms with E-state index in [0.717, 1.165) is 18.4 Å². The molecule has 0 radical (unpaired) electrons. The molecule has 0 saturated heterocycles. The first-order valence-corrected chi connectivity index (χ1v) is 8.58. The largest absolute Gasteiger partial charge is 0.461 e. The zero-order chi connectivity index (χ0) is 16.7. The third kappa shape index (κ3) is 5.70. The summed E-state index contributed by atoms with van der Waals surface area (Å²) in [5.74, 6) is -0.0993. The highest BCUT2D eigenvalue weighted by atomic mass is 16.5. The molecule has 0 aliphatic heterocycles. The standard InChI is InChI=1S/C19H27NO3/c1-14(17-11-7-4-8-12-17)23-19(22)18(20-15(2)21)13-16-9-5-3-6-10-16/h3,5-6,9-10,14,17-18H,4,7-8,11-13H2,1-2H3,(H,20,21)/t14-,18+/m1/s1. The summed E-state index contributed by atoms with van der Waals surface area (Å²) in [6, 6.07) is 9.06. The van der Waals surface area contributed by atoms with Gasteiger partial charge >= 0.3 is 5.97 Å². The summed E-state index contributed by atoms with van der Waals surface area (Å²) in [5.41, 5.74) is 1.01. The predicted octanol–water partition coefficient (Wildman–Crippen LogP) is 3.25. The minimum absolute atomic E-state index is 0.0881. The third-order valence-electron chi connectivity index (χ3n) is 4.56. The Balaban J connectivity index is 1.96. The van der Waals surface area contributed by atoms with Crippen LogP contribution in [0.5, 0.6) is 0 Å². The van der Waals surface area contributed by atoms with Crippen molar-refractivity contribution in [3.8, 4) is 0 Å². The Kier molecular flexibility index (Phi) is 6.63. The molecule has 1 aromatic rings. The summed E-state index contributed by atoms with van der Waals surface area (Å²) < 4.78 is 5.67. The van der Waals surface area contributed by atoms with Crippen LogP contribution in [0.1, 0.15) is 51.5 Å². The molecule has 1 aliphatic rings. The third-order valence-corrected chi connectivity index (χ3v) is 4.56. The van der Waals surface area contributed by atoms with Crippen LogP contribution in [-0.2, 0) is 20.7 Å². The van der Waals surface area contributed by atoms with Crippen molar-refractivity contribution in [1.82, 2.24) is 5.32 Å². The van der Waals surface area contributed by atoms with Gasteiger partial charge in [-0.15, -0.1) is 0 Å². The lowest BCUT2D eigenvalue weighted by Crippen LogP contribution is -2.44. The number of rotatable bonds is 6. The van der Waals surface area contributed by atoms with Gasteiger partial charge in [0.2, 0.25) is 5.91 Å². The molecule has 0 spiro atoms. The van der Waals surface area contributed by atoms with Gasteiger partial charge in [0.25, 0.3) is 0 Å². The van der Waals surface area contributed by atoms with Gasteiger partial charge in [-0.25, -0.2) is 4.79 Å². The number of esters is 1. The van der Waals surface area contributed by atoms with E-state index < -0.39 is 6.04 Å². The number of hydrogen-bond acceptors (Lipinski definition) is 3. The predicted molar refractivity (Wildman–Crippen MR) is 89.9 cm³/mol. The number of benzene rings is 1. The zero-order valence-corrected chi connectivity index (χ0v) is 14.1. The minimum Gasteiger partial charge on any atom is -0.461 e. The van der Waals surface area contributed by atoms with Gasteiger partial charge in [-0.2, -0.15) is 0 Å². The first kappa shape index (κ1) is 17.5. The van der Waals surface area contributed by atoms with Crippen LogP contribution in [0.4, 0.5) is 0 Å². The first-order valence-electron chi connectivity index (χ1n) is 8.58. The maximum Gasteiger partial charge on any atom is 0.329 e. The Labute approximate surface area is 138 Å². The Morgan fingerprint density at radius 3 is 2.43 bits per heavy atom. The fraction of sp³-hybridized carbons (Fsp3) is 0.579. The maximum absolute atomic E-state index is 12.5. The molecule has 2 atom stereocenters. The second-order valence-corrected chi connectivity index (χ2v) is 6.48. The minimum atomic E-state index is -0.624. The van der Waals surface area contributed by atoms with Gasteiger partial charge < -0.3 is 10.1 Å². The van der Waals surface area contributed by atoms with E-state index in [0.29, 0.717) is 12.3 Å². The van der Waals surface area contributed by atoms with Gasteiger partial charge in [0, 0.05) is 13.3 Å². The number of carbonyl (C=O) groups excluding carboxylic acids is 2. The van der Waals surface area contributed by atoms with Crippen LogP contribution in [-0.4, -0.2) is 24.0 Å². The highest BCUT2D eigenvalue weighted by Gasteiger charge is 2.27. The van der Waals surface area contributed by atoms with Crippen molar-refractivity contribution in [2.24, 2.45) is 5.92 Å². The molecule has 0 aromatic heterocycles. The van der Waals surface area contributed by atoms with Crippen molar-refractivity contribution < 1.29 is 14.3 Å². The Hall–Kier alpha value is -1.84. The SMILES string of the molecule is CC(=O)N[C@@H](Cc1ccccc1)C(=O)O[C@H](C)C1CCCCC1. The molecule has 4 heteroatoms. The van der Waals surface area contributed by atoms with Crippen molar-refractivity contribution in [2.45, 2.75) is 64.5 Å². The summed E-state index contributed by atoms with van der Waals surface area (Å²) in [7, 11) is 0. The second kappa shape index (κ2) is 8.70. The Morgan fingerprint density at radius 2 is 1.83 bits per heavy atom. The highest BCUT2D eigenvalue weighted by molar-refractivity contribution is 5.83. The van der Waals surface area contributed by atoms with E-state index in [1.54, 1.807) is 0 Å². The van der Waals surface area contributed by atoms with Gasteiger partial charge in [-0.3, -0.25) is 4.79 Å².